The summed E-state index contributed by atoms with van der Waals surface area (Å²) in [6, 6.07) is 3.21. The molecule has 0 saturated carbocycles. The van der Waals surface area contributed by atoms with E-state index >= 15 is 0 Å². The third-order valence-corrected chi connectivity index (χ3v) is 2.76. The molecule has 0 radical (unpaired) electrons. The molecule has 4 N–H and O–H groups in total. The van der Waals surface area contributed by atoms with Gasteiger partial charge in [0.05, 0.1) is 18.1 Å². The van der Waals surface area contributed by atoms with Gasteiger partial charge in [-0.3, -0.25) is 14.9 Å². The van der Waals surface area contributed by atoms with Crippen molar-refractivity contribution >= 4 is 11.6 Å². The molecule has 1 rings (SSSR count). The van der Waals surface area contributed by atoms with Crippen molar-refractivity contribution in [2.24, 2.45) is 5.73 Å². The van der Waals surface area contributed by atoms with E-state index in [-0.39, 0.29) is 23.5 Å². The molecule has 0 aromatic heterocycles. The lowest BCUT2D eigenvalue weighted by molar-refractivity contribution is -0.385. The maximum absolute atomic E-state index is 11.8. The van der Waals surface area contributed by atoms with Gasteiger partial charge in [0.25, 0.3) is 5.91 Å². The van der Waals surface area contributed by atoms with Crippen LogP contribution in [0.4, 0.5) is 5.69 Å². The SMILES string of the molecule is COc1cc(C(=O)NCC(N)C(C)O)ccc1[N+](=O)[O-]. The maximum atomic E-state index is 11.8. The van der Waals surface area contributed by atoms with Crippen LogP contribution < -0.4 is 15.8 Å². The summed E-state index contributed by atoms with van der Waals surface area (Å²) in [6.45, 7) is 1.61. The van der Waals surface area contributed by atoms with E-state index in [1.807, 2.05) is 0 Å². The van der Waals surface area contributed by atoms with Gasteiger partial charge in [-0.25, -0.2) is 0 Å². The van der Waals surface area contributed by atoms with E-state index < -0.39 is 23.0 Å². The van der Waals surface area contributed by atoms with Crippen LogP contribution in [0, 0.1) is 10.1 Å². The Morgan fingerprint density at radius 2 is 2.25 bits per heavy atom. The van der Waals surface area contributed by atoms with Crippen LogP contribution >= 0.6 is 0 Å². The summed E-state index contributed by atoms with van der Waals surface area (Å²) in [6.07, 6.45) is -0.748. The third kappa shape index (κ3) is 3.90. The molecule has 2 unspecified atom stereocenters. The lowest BCUT2D eigenvalue weighted by Gasteiger charge is -2.15. The first kappa shape index (κ1) is 15.9. The molecule has 8 nitrogen and oxygen atoms in total. The molecule has 1 aromatic carbocycles. The molecule has 1 aromatic rings. The number of benzene rings is 1. The van der Waals surface area contributed by atoms with Crippen LogP contribution in [0.25, 0.3) is 0 Å². The van der Waals surface area contributed by atoms with E-state index in [2.05, 4.69) is 5.32 Å². The van der Waals surface area contributed by atoms with Crippen LogP contribution in [0.1, 0.15) is 17.3 Å². The fourth-order valence-electron chi connectivity index (χ4n) is 1.45. The van der Waals surface area contributed by atoms with Crippen molar-refractivity contribution in [3.8, 4) is 5.75 Å². The number of aliphatic hydroxyl groups is 1. The zero-order valence-corrected chi connectivity index (χ0v) is 11.2. The van der Waals surface area contributed by atoms with Gasteiger partial charge in [-0.1, -0.05) is 0 Å². The van der Waals surface area contributed by atoms with Crippen molar-refractivity contribution in [3.05, 3.63) is 33.9 Å². The van der Waals surface area contributed by atoms with E-state index in [0.717, 1.165) is 0 Å². The van der Waals surface area contributed by atoms with Crippen LogP contribution in [0.15, 0.2) is 18.2 Å². The molecule has 110 valence electrons. The quantitative estimate of drug-likeness (QED) is 0.499. The van der Waals surface area contributed by atoms with Crippen LogP contribution in [-0.4, -0.2) is 41.7 Å². The first-order valence-electron chi connectivity index (χ1n) is 5.91. The normalized spacial score (nSPS) is 13.4. The summed E-state index contributed by atoms with van der Waals surface area (Å²) in [5.74, 6) is -0.447. The standard InChI is InChI=1S/C12H17N3O5/c1-7(16)9(13)6-14-12(17)8-3-4-10(15(18)19)11(5-8)20-2/h3-5,7,9,16H,6,13H2,1-2H3,(H,14,17). The highest BCUT2D eigenvalue weighted by Crippen LogP contribution is 2.27. The Labute approximate surface area is 115 Å². The number of aliphatic hydroxyl groups excluding tert-OH is 1. The molecule has 20 heavy (non-hydrogen) atoms. The number of carbonyl (C=O) groups excluding carboxylic acids is 1. The van der Waals surface area contributed by atoms with E-state index in [9.17, 15) is 20.0 Å². The van der Waals surface area contributed by atoms with Crippen molar-refractivity contribution in [2.45, 2.75) is 19.1 Å². The van der Waals surface area contributed by atoms with Crippen molar-refractivity contribution in [2.75, 3.05) is 13.7 Å². The summed E-state index contributed by atoms with van der Waals surface area (Å²) < 4.78 is 4.87. The number of rotatable bonds is 6. The highest BCUT2D eigenvalue weighted by Gasteiger charge is 2.18. The topological polar surface area (TPSA) is 128 Å². The minimum atomic E-state index is -0.748. The van der Waals surface area contributed by atoms with E-state index in [0.29, 0.717) is 0 Å². The summed E-state index contributed by atoms with van der Waals surface area (Å²) >= 11 is 0. The number of amides is 1. The highest BCUT2D eigenvalue weighted by molar-refractivity contribution is 5.95. The van der Waals surface area contributed by atoms with Crippen molar-refractivity contribution < 1.29 is 19.6 Å². The number of hydrogen-bond acceptors (Lipinski definition) is 6. The van der Waals surface area contributed by atoms with Gasteiger partial charge in [0.1, 0.15) is 0 Å². The number of nitro groups is 1. The van der Waals surface area contributed by atoms with Crippen molar-refractivity contribution in [1.82, 2.24) is 5.32 Å². The monoisotopic (exact) mass is 283 g/mol. The fraction of sp³-hybridized carbons (Fsp3) is 0.417. The second-order valence-corrected chi connectivity index (χ2v) is 4.26. The van der Waals surface area contributed by atoms with Crippen molar-refractivity contribution in [1.29, 1.82) is 0 Å². The number of hydrogen-bond donors (Lipinski definition) is 3. The molecule has 0 aliphatic carbocycles. The van der Waals surface area contributed by atoms with Crippen molar-refractivity contribution in [3.63, 3.8) is 0 Å². The second kappa shape index (κ2) is 6.83. The van der Waals surface area contributed by atoms with Gasteiger partial charge in [-0.05, 0) is 13.0 Å². The molecule has 0 aliphatic heterocycles. The molecule has 2 atom stereocenters. The van der Waals surface area contributed by atoms with Crippen LogP contribution in [0.5, 0.6) is 5.75 Å². The second-order valence-electron chi connectivity index (χ2n) is 4.26. The first-order valence-corrected chi connectivity index (χ1v) is 5.91. The smallest absolute Gasteiger partial charge is 0.310 e. The predicted molar refractivity (Wildman–Crippen MR) is 71.6 cm³/mol. The predicted octanol–water partition coefficient (Wildman–Crippen LogP) is 0.0413. The molecule has 1 amide bonds. The zero-order valence-electron chi connectivity index (χ0n) is 11.2. The van der Waals surface area contributed by atoms with Gasteiger partial charge >= 0.3 is 5.69 Å². The Morgan fingerprint density at radius 3 is 2.75 bits per heavy atom. The van der Waals surface area contributed by atoms with Gasteiger partial charge in [0.15, 0.2) is 5.75 Å². The number of ether oxygens (including phenoxy) is 1. The van der Waals surface area contributed by atoms with Crippen LogP contribution in [0.2, 0.25) is 0 Å². The summed E-state index contributed by atoms with van der Waals surface area (Å²) in [5.41, 5.74) is 5.58. The largest absolute Gasteiger partial charge is 0.490 e. The number of nitro benzene ring substituents is 1. The summed E-state index contributed by atoms with van der Waals surface area (Å²) in [4.78, 5) is 22.0. The number of carbonyl (C=O) groups is 1. The Kier molecular flexibility index (Phi) is 5.42. The molecule has 0 spiro atoms. The third-order valence-electron chi connectivity index (χ3n) is 2.76. The highest BCUT2D eigenvalue weighted by atomic mass is 16.6. The summed E-state index contributed by atoms with van der Waals surface area (Å²) in [5, 5.41) is 22.5. The van der Waals surface area contributed by atoms with Gasteiger partial charge in [-0.2, -0.15) is 0 Å². The van der Waals surface area contributed by atoms with Gasteiger partial charge < -0.3 is 20.9 Å². The fourth-order valence-corrected chi connectivity index (χ4v) is 1.45. The van der Waals surface area contributed by atoms with Gasteiger partial charge in [0.2, 0.25) is 0 Å². The summed E-state index contributed by atoms with van der Waals surface area (Å²) in [7, 11) is 1.29. The lowest BCUT2D eigenvalue weighted by atomic mass is 10.1. The minimum absolute atomic E-state index is 0.00229. The average molecular weight is 283 g/mol. The van der Waals surface area contributed by atoms with Crippen LogP contribution in [0.3, 0.4) is 0 Å². The van der Waals surface area contributed by atoms with Crippen LogP contribution in [-0.2, 0) is 0 Å². The molecule has 0 saturated heterocycles. The van der Waals surface area contributed by atoms with E-state index in [1.165, 1.54) is 32.2 Å². The number of methoxy groups -OCH3 is 1. The molecule has 0 aliphatic rings. The number of nitrogens with zero attached hydrogens (tertiary/aromatic N) is 1. The maximum Gasteiger partial charge on any atom is 0.310 e. The Hall–Kier alpha value is -2.19. The lowest BCUT2D eigenvalue weighted by Crippen LogP contribution is -2.43. The van der Waals surface area contributed by atoms with Gasteiger partial charge in [0, 0.05) is 30.3 Å². The number of nitrogens with one attached hydrogen (secondary N) is 1. The average Bonchev–Trinajstić information content (AvgIpc) is 2.43. The zero-order chi connectivity index (χ0) is 15.3. The molecule has 8 heteroatoms. The molecular formula is C12H17N3O5. The molecular weight excluding hydrogens is 266 g/mol. The molecule has 0 fully saturated rings. The Balaban J connectivity index is 2.81. The van der Waals surface area contributed by atoms with E-state index in [4.69, 9.17) is 10.5 Å². The minimum Gasteiger partial charge on any atom is -0.490 e. The number of nitrogens with two attached hydrogens (primary N) is 1. The first-order chi connectivity index (χ1) is 9.36. The Bertz CT molecular complexity index is 504. The van der Waals surface area contributed by atoms with Gasteiger partial charge in [-0.15, -0.1) is 0 Å². The van der Waals surface area contributed by atoms with E-state index in [1.54, 1.807) is 0 Å². The molecule has 0 bridgehead atoms. The molecule has 0 heterocycles. The Morgan fingerprint density at radius 1 is 1.60 bits per heavy atom.